The molecule has 1 aromatic rings. The summed E-state index contributed by atoms with van der Waals surface area (Å²) < 4.78 is 24.5. The first kappa shape index (κ1) is 22.1. The number of rotatable bonds is 8. The van der Waals surface area contributed by atoms with Gasteiger partial charge in [-0.3, -0.25) is 4.99 Å². The average molecular weight is 454 g/mol. The highest BCUT2D eigenvalue weighted by Crippen LogP contribution is 2.09. The number of nitrogens with two attached hydrogens (primary N) is 1. The molecule has 1 rings (SSSR count). The first-order chi connectivity index (χ1) is 10.4. The predicted octanol–water partition coefficient (Wildman–Crippen LogP) is 2.27. The number of aryl methyl sites for hydroxylation is 1. The van der Waals surface area contributed by atoms with Crippen molar-refractivity contribution in [2.45, 2.75) is 26.7 Å². The molecule has 0 aromatic heterocycles. The van der Waals surface area contributed by atoms with Gasteiger partial charge in [0.2, 0.25) is 10.0 Å². The van der Waals surface area contributed by atoms with Gasteiger partial charge < -0.3 is 11.1 Å². The Hall–Kier alpha value is -0.870. The maximum absolute atomic E-state index is 11.6. The van der Waals surface area contributed by atoms with E-state index in [1.54, 1.807) is 14.0 Å². The Labute approximate surface area is 156 Å². The lowest BCUT2D eigenvalue weighted by atomic mass is 10.1. The minimum absolute atomic E-state index is 0. The van der Waals surface area contributed by atoms with Crippen molar-refractivity contribution in [3.05, 3.63) is 29.8 Å². The Kier molecular flexibility index (Phi) is 10.4. The third-order valence-electron chi connectivity index (χ3n) is 3.39. The van der Waals surface area contributed by atoms with Gasteiger partial charge in [-0.25, -0.2) is 12.7 Å². The number of sulfonamides is 1. The van der Waals surface area contributed by atoms with Crippen LogP contribution in [0.3, 0.4) is 0 Å². The van der Waals surface area contributed by atoms with Crippen LogP contribution in [0.4, 0.5) is 5.69 Å². The second kappa shape index (κ2) is 10.8. The van der Waals surface area contributed by atoms with Crippen LogP contribution in [0, 0.1) is 0 Å². The first-order valence-electron chi connectivity index (χ1n) is 7.49. The molecule has 0 aliphatic heterocycles. The van der Waals surface area contributed by atoms with E-state index in [0.717, 1.165) is 12.1 Å². The van der Waals surface area contributed by atoms with Crippen molar-refractivity contribution in [3.8, 4) is 0 Å². The van der Waals surface area contributed by atoms with Crippen LogP contribution in [0.15, 0.2) is 29.3 Å². The molecule has 1 aromatic carbocycles. The molecule has 0 fully saturated rings. The van der Waals surface area contributed by atoms with E-state index in [0.29, 0.717) is 25.5 Å². The molecule has 0 saturated carbocycles. The lowest BCUT2D eigenvalue weighted by Gasteiger charge is -2.15. The zero-order valence-corrected chi connectivity index (χ0v) is 17.1. The van der Waals surface area contributed by atoms with E-state index in [-0.39, 0.29) is 29.7 Å². The minimum Gasteiger partial charge on any atom is -0.370 e. The highest BCUT2D eigenvalue weighted by Gasteiger charge is 2.13. The Morgan fingerprint density at radius 3 is 2.39 bits per heavy atom. The van der Waals surface area contributed by atoms with E-state index >= 15 is 0 Å². The van der Waals surface area contributed by atoms with Gasteiger partial charge in [-0.1, -0.05) is 19.1 Å². The van der Waals surface area contributed by atoms with Crippen LogP contribution in [0.1, 0.15) is 25.8 Å². The number of nitrogens with one attached hydrogen (secondary N) is 1. The normalized spacial score (nSPS) is 12.1. The molecular weight excluding hydrogens is 427 g/mol. The molecule has 8 heteroatoms. The Balaban J connectivity index is 0.00000484. The average Bonchev–Trinajstić information content (AvgIpc) is 2.52. The molecule has 132 valence electrons. The quantitative estimate of drug-likeness (QED) is 0.273. The molecule has 0 aliphatic carbocycles. The third kappa shape index (κ3) is 7.98. The van der Waals surface area contributed by atoms with Crippen LogP contribution in [0.2, 0.25) is 0 Å². The number of halogens is 1. The van der Waals surface area contributed by atoms with E-state index in [2.05, 4.69) is 17.2 Å². The van der Waals surface area contributed by atoms with Crippen LogP contribution in [-0.2, 0) is 16.4 Å². The summed E-state index contributed by atoms with van der Waals surface area (Å²) in [6.07, 6.45) is 1.63. The van der Waals surface area contributed by atoms with Crippen molar-refractivity contribution in [3.63, 3.8) is 0 Å². The second-order valence-corrected chi connectivity index (χ2v) is 7.38. The largest absolute Gasteiger partial charge is 0.370 e. The maximum atomic E-state index is 11.6. The maximum Gasteiger partial charge on any atom is 0.213 e. The summed E-state index contributed by atoms with van der Waals surface area (Å²) in [7, 11) is -1.53. The van der Waals surface area contributed by atoms with Crippen LogP contribution in [0.5, 0.6) is 0 Å². The van der Waals surface area contributed by atoms with E-state index in [1.807, 2.05) is 24.3 Å². The Bertz CT molecular complexity index is 588. The molecule has 0 heterocycles. The van der Waals surface area contributed by atoms with Crippen LogP contribution >= 0.6 is 24.0 Å². The smallest absolute Gasteiger partial charge is 0.213 e. The van der Waals surface area contributed by atoms with Gasteiger partial charge in [-0.15, -0.1) is 24.0 Å². The number of nitrogens with zero attached hydrogens (tertiary/aromatic N) is 2. The molecule has 0 unspecified atom stereocenters. The number of anilines is 1. The third-order valence-corrected chi connectivity index (χ3v) is 5.25. The summed E-state index contributed by atoms with van der Waals surface area (Å²) in [5.74, 6) is 0.453. The van der Waals surface area contributed by atoms with Crippen molar-refractivity contribution in [1.82, 2.24) is 4.31 Å². The fourth-order valence-corrected chi connectivity index (χ4v) is 2.71. The van der Waals surface area contributed by atoms with Gasteiger partial charge in [0.15, 0.2) is 5.96 Å². The van der Waals surface area contributed by atoms with Gasteiger partial charge >= 0.3 is 0 Å². The van der Waals surface area contributed by atoms with Crippen LogP contribution in [-0.4, -0.2) is 44.6 Å². The standard InChI is InChI=1S/C15H26N4O2S.HI/c1-4-13-7-9-14(10-8-13)18-15(16)17-11-6-12-19(3)22(20,21)5-2;/h7-10H,4-6,11-12H2,1-3H3,(H3,16,17,18);1H. The fraction of sp³-hybridized carbons (Fsp3) is 0.533. The SMILES string of the molecule is CCc1ccc(NC(N)=NCCCN(C)S(=O)(=O)CC)cc1.I. The highest BCUT2D eigenvalue weighted by atomic mass is 127. The molecule has 23 heavy (non-hydrogen) atoms. The van der Waals surface area contributed by atoms with Crippen molar-refractivity contribution in [1.29, 1.82) is 0 Å². The van der Waals surface area contributed by atoms with Gasteiger partial charge in [0.25, 0.3) is 0 Å². The molecule has 3 N–H and O–H groups in total. The molecular formula is C15H27IN4O2S. The lowest BCUT2D eigenvalue weighted by molar-refractivity contribution is 0.465. The number of hydrogen-bond acceptors (Lipinski definition) is 3. The molecule has 6 nitrogen and oxygen atoms in total. The summed E-state index contributed by atoms with van der Waals surface area (Å²) >= 11 is 0. The fourth-order valence-electron chi connectivity index (χ4n) is 1.86. The van der Waals surface area contributed by atoms with Crippen molar-refractivity contribution < 1.29 is 8.42 Å². The van der Waals surface area contributed by atoms with Crippen molar-refractivity contribution in [2.75, 3.05) is 31.2 Å². The molecule has 0 aliphatic rings. The summed E-state index contributed by atoms with van der Waals surface area (Å²) in [4.78, 5) is 4.20. The number of benzene rings is 1. The van der Waals surface area contributed by atoms with E-state index in [9.17, 15) is 8.42 Å². The number of hydrogen-bond donors (Lipinski definition) is 2. The first-order valence-corrected chi connectivity index (χ1v) is 9.09. The number of guanidine groups is 1. The molecule has 0 spiro atoms. The van der Waals surface area contributed by atoms with Gasteiger partial charge in [0.1, 0.15) is 0 Å². The van der Waals surface area contributed by atoms with Crippen LogP contribution < -0.4 is 11.1 Å². The summed E-state index contributed by atoms with van der Waals surface area (Å²) in [5.41, 5.74) is 7.97. The van der Waals surface area contributed by atoms with Crippen molar-refractivity contribution >= 4 is 45.6 Å². The van der Waals surface area contributed by atoms with E-state index in [4.69, 9.17) is 5.73 Å². The molecule has 0 amide bonds. The van der Waals surface area contributed by atoms with Crippen molar-refractivity contribution in [2.24, 2.45) is 10.7 Å². The lowest BCUT2D eigenvalue weighted by Crippen LogP contribution is -2.30. The molecule has 0 saturated heterocycles. The summed E-state index contributed by atoms with van der Waals surface area (Å²) in [6, 6.07) is 8.01. The molecule has 0 radical (unpaired) electrons. The zero-order chi connectivity index (χ0) is 16.6. The Morgan fingerprint density at radius 2 is 1.87 bits per heavy atom. The Morgan fingerprint density at radius 1 is 1.26 bits per heavy atom. The topological polar surface area (TPSA) is 87.8 Å². The second-order valence-electron chi connectivity index (χ2n) is 5.02. The predicted molar refractivity (Wildman–Crippen MR) is 108 cm³/mol. The van der Waals surface area contributed by atoms with Gasteiger partial charge in [-0.05, 0) is 37.5 Å². The van der Waals surface area contributed by atoms with E-state index < -0.39 is 10.0 Å². The van der Waals surface area contributed by atoms with Gasteiger partial charge in [-0.2, -0.15) is 0 Å². The van der Waals surface area contributed by atoms with Gasteiger partial charge in [0, 0.05) is 25.8 Å². The zero-order valence-electron chi connectivity index (χ0n) is 13.9. The monoisotopic (exact) mass is 454 g/mol. The number of aliphatic imine (C=N–C) groups is 1. The molecule has 0 bridgehead atoms. The van der Waals surface area contributed by atoms with Gasteiger partial charge in [0.05, 0.1) is 5.75 Å². The van der Waals surface area contributed by atoms with Crippen LogP contribution in [0.25, 0.3) is 0 Å². The summed E-state index contributed by atoms with van der Waals surface area (Å²) in [6.45, 7) is 4.66. The molecule has 0 atom stereocenters. The van der Waals surface area contributed by atoms with E-state index in [1.165, 1.54) is 9.87 Å². The summed E-state index contributed by atoms with van der Waals surface area (Å²) in [5, 5.41) is 3.02. The minimum atomic E-state index is -3.12. The highest BCUT2D eigenvalue weighted by molar-refractivity contribution is 14.0.